The van der Waals surface area contributed by atoms with Crippen molar-refractivity contribution in [3.8, 4) is 5.75 Å². The summed E-state index contributed by atoms with van der Waals surface area (Å²) in [5, 5.41) is 23.6. The van der Waals surface area contributed by atoms with Gasteiger partial charge < -0.3 is 15.2 Å². The molecule has 0 fully saturated rings. The summed E-state index contributed by atoms with van der Waals surface area (Å²) in [5.41, 5.74) is 1.000. The molecule has 2 N–H and O–H groups in total. The lowest BCUT2D eigenvalue weighted by molar-refractivity contribution is 0.0605. The molecule has 35 heavy (non-hydrogen) atoms. The molecule has 0 bridgehead atoms. The average molecular weight is 508 g/mol. The molecule has 176 valence electrons. The Morgan fingerprint density at radius 2 is 1.83 bits per heavy atom. The van der Waals surface area contributed by atoms with Crippen LogP contribution in [0.2, 0.25) is 5.02 Å². The molecule has 0 saturated carbocycles. The van der Waals surface area contributed by atoms with Crippen LogP contribution in [0.4, 0.5) is 16.4 Å². The number of nitrogens with zero attached hydrogens (tertiary/aromatic N) is 2. The largest absolute Gasteiger partial charge is 0.505 e. The molecule has 0 aliphatic carbocycles. The number of carbonyl (C=O) groups excluding carboxylic acids is 3. The molecule has 0 atom stereocenters. The van der Waals surface area contributed by atoms with E-state index in [0.29, 0.717) is 33.3 Å². The van der Waals surface area contributed by atoms with E-state index in [1.54, 1.807) is 61.5 Å². The number of phenolic OH excluding ortho intramolecular Hbond substituents is 1. The number of methoxy groups -OCH3 is 1. The number of thiophene rings is 1. The van der Waals surface area contributed by atoms with E-state index in [-0.39, 0.29) is 26.7 Å². The minimum Gasteiger partial charge on any atom is -0.505 e. The topological polar surface area (TPSA) is 117 Å². The van der Waals surface area contributed by atoms with Crippen LogP contribution in [0, 0.1) is 6.92 Å². The lowest BCUT2D eigenvalue weighted by atomic mass is 10.0. The van der Waals surface area contributed by atoms with E-state index in [0.717, 1.165) is 11.3 Å². The molecule has 0 saturated heterocycles. The molecular formula is C25H18ClN3O5S. The molecular weight excluding hydrogens is 490 g/mol. The van der Waals surface area contributed by atoms with Gasteiger partial charge in [0.1, 0.15) is 15.6 Å². The number of esters is 1. The zero-order valence-electron chi connectivity index (χ0n) is 18.5. The molecule has 10 heteroatoms. The fraction of sp³-hybridized carbons (Fsp3) is 0.0800. The van der Waals surface area contributed by atoms with Crippen molar-refractivity contribution >= 4 is 68.2 Å². The smallest absolute Gasteiger partial charge is 0.348 e. The SMILES string of the molecule is COC(=O)c1sc(N=Nc2cc3ccccc3c(C(=O)Nc3ccccc3Cl)c2O)c(C=O)c1C. The fourth-order valence-corrected chi connectivity index (χ4v) is 4.68. The maximum absolute atomic E-state index is 13.2. The fourth-order valence-electron chi connectivity index (χ4n) is 3.49. The Morgan fingerprint density at radius 1 is 1.11 bits per heavy atom. The van der Waals surface area contributed by atoms with Crippen LogP contribution >= 0.6 is 22.9 Å². The second-order valence-electron chi connectivity index (χ2n) is 7.36. The number of para-hydroxylation sites is 1. The van der Waals surface area contributed by atoms with Crippen molar-refractivity contribution in [1.29, 1.82) is 0 Å². The summed E-state index contributed by atoms with van der Waals surface area (Å²) in [4.78, 5) is 37.0. The van der Waals surface area contributed by atoms with E-state index in [2.05, 4.69) is 15.5 Å². The molecule has 1 aromatic heterocycles. The lowest BCUT2D eigenvalue weighted by Gasteiger charge is -2.12. The van der Waals surface area contributed by atoms with Gasteiger partial charge in [-0.3, -0.25) is 9.59 Å². The molecule has 1 heterocycles. The maximum atomic E-state index is 13.2. The highest BCUT2D eigenvalue weighted by molar-refractivity contribution is 7.18. The first-order valence-corrected chi connectivity index (χ1v) is 11.4. The van der Waals surface area contributed by atoms with E-state index < -0.39 is 17.6 Å². The van der Waals surface area contributed by atoms with Gasteiger partial charge in [0.05, 0.1) is 28.9 Å². The first-order chi connectivity index (χ1) is 16.8. The van der Waals surface area contributed by atoms with Gasteiger partial charge in [0, 0.05) is 0 Å². The summed E-state index contributed by atoms with van der Waals surface area (Å²) in [7, 11) is 1.24. The third-order valence-corrected chi connectivity index (χ3v) is 6.76. The van der Waals surface area contributed by atoms with Crippen LogP contribution in [0.3, 0.4) is 0 Å². The van der Waals surface area contributed by atoms with Gasteiger partial charge in [0.2, 0.25) is 0 Å². The minimum absolute atomic E-state index is 0.00908. The van der Waals surface area contributed by atoms with Crippen molar-refractivity contribution < 1.29 is 24.2 Å². The number of anilines is 1. The standard InChI is InChI=1S/C25H18ClN3O5S/c1-13-16(12-30)24(35-22(13)25(33)34-2)29-28-19-11-14-7-3-4-8-15(14)20(21(19)31)23(32)27-18-10-6-5-9-17(18)26/h3-12,31H,1-2H3,(H,27,32). The van der Waals surface area contributed by atoms with E-state index in [9.17, 15) is 19.5 Å². The van der Waals surface area contributed by atoms with E-state index in [1.165, 1.54) is 7.11 Å². The zero-order valence-corrected chi connectivity index (χ0v) is 20.1. The van der Waals surface area contributed by atoms with Crippen LogP contribution in [-0.4, -0.2) is 30.4 Å². The first-order valence-electron chi connectivity index (χ1n) is 10.2. The van der Waals surface area contributed by atoms with Gasteiger partial charge in [-0.1, -0.05) is 48.0 Å². The van der Waals surface area contributed by atoms with Crippen LogP contribution in [0.1, 0.15) is 36.0 Å². The number of azo groups is 1. The van der Waals surface area contributed by atoms with Gasteiger partial charge in [-0.05, 0) is 41.5 Å². The Morgan fingerprint density at radius 3 is 2.54 bits per heavy atom. The molecule has 0 aliphatic rings. The predicted octanol–water partition coefficient (Wildman–Crippen LogP) is 6.84. The maximum Gasteiger partial charge on any atom is 0.348 e. The molecule has 1 amide bonds. The van der Waals surface area contributed by atoms with Gasteiger partial charge in [0.25, 0.3) is 5.91 Å². The normalized spacial score (nSPS) is 11.1. The van der Waals surface area contributed by atoms with Crippen molar-refractivity contribution in [2.24, 2.45) is 10.2 Å². The molecule has 3 aromatic carbocycles. The Bertz CT molecular complexity index is 1510. The van der Waals surface area contributed by atoms with Gasteiger partial charge in [0.15, 0.2) is 12.0 Å². The van der Waals surface area contributed by atoms with Crippen molar-refractivity contribution in [2.45, 2.75) is 6.92 Å². The highest BCUT2D eigenvalue weighted by atomic mass is 35.5. The van der Waals surface area contributed by atoms with Gasteiger partial charge in [-0.15, -0.1) is 21.6 Å². The van der Waals surface area contributed by atoms with Crippen molar-refractivity contribution in [2.75, 3.05) is 12.4 Å². The minimum atomic E-state index is -0.593. The van der Waals surface area contributed by atoms with E-state index in [1.807, 2.05) is 0 Å². The number of aldehydes is 1. The molecule has 4 aromatic rings. The van der Waals surface area contributed by atoms with Crippen LogP contribution in [-0.2, 0) is 4.74 Å². The van der Waals surface area contributed by atoms with Gasteiger partial charge in [-0.2, -0.15) is 0 Å². The van der Waals surface area contributed by atoms with Crippen LogP contribution in [0.25, 0.3) is 10.8 Å². The van der Waals surface area contributed by atoms with Crippen LogP contribution in [0.15, 0.2) is 64.8 Å². The number of aromatic hydroxyl groups is 1. The van der Waals surface area contributed by atoms with Crippen molar-refractivity contribution in [3.63, 3.8) is 0 Å². The predicted molar refractivity (Wildman–Crippen MR) is 135 cm³/mol. The highest BCUT2D eigenvalue weighted by Gasteiger charge is 2.22. The zero-order chi connectivity index (χ0) is 25.1. The van der Waals surface area contributed by atoms with Gasteiger partial charge >= 0.3 is 5.97 Å². The second kappa shape index (κ2) is 10.0. The van der Waals surface area contributed by atoms with Crippen LogP contribution in [0.5, 0.6) is 5.75 Å². The Kier molecular flexibility index (Phi) is 6.90. The number of ether oxygens (including phenoxy) is 1. The van der Waals surface area contributed by atoms with Gasteiger partial charge in [-0.25, -0.2) is 4.79 Å². The van der Waals surface area contributed by atoms with E-state index in [4.69, 9.17) is 16.3 Å². The molecule has 8 nitrogen and oxygen atoms in total. The number of rotatable bonds is 6. The number of hydrogen-bond donors (Lipinski definition) is 2. The molecule has 0 spiro atoms. The Labute approximate surface area is 208 Å². The summed E-state index contributed by atoms with van der Waals surface area (Å²) in [6.07, 6.45) is 0.579. The summed E-state index contributed by atoms with van der Waals surface area (Å²) < 4.78 is 4.75. The quantitative estimate of drug-likeness (QED) is 0.168. The second-order valence-corrected chi connectivity index (χ2v) is 8.77. The number of carbonyl (C=O) groups is 3. The monoisotopic (exact) mass is 507 g/mol. The van der Waals surface area contributed by atoms with E-state index >= 15 is 0 Å². The number of amides is 1. The lowest BCUT2D eigenvalue weighted by Crippen LogP contribution is -2.13. The summed E-state index contributed by atoms with van der Waals surface area (Å²) >= 11 is 7.11. The average Bonchev–Trinajstić information content (AvgIpc) is 3.18. The van der Waals surface area contributed by atoms with Crippen LogP contribution < -0.4 is 5.32 Å². The summed E-state index contributed by atoms with van der Waals surface area (Å²) in [5.74, 6) is -1.58. The first kappa shape index (κ1) is 24.1. The highest BCUT2D eigenvalue weighted by Crippen LogP contribution is 2.40. The Hall–Kier alpha value is -4.08. The number of fused-ring (bicyclic) bond motifs is 1. The third kappa shape index (κ3) is 4.64. The summed E-state index contributed by atoms with van der Waals surface area (Å²) in [6.45, 7) is 1.61. The van der Waals surface area contributed by atoms with Crippen molar-refractivity contribution in [1.82, 2.24) is 0 Å². The number of nitrogens with one attached hydrogen (secondary N) is 1. The molecule has 4 rings (SSSR count). The van der Waals surface area contributed by atoms with Crippen molar-refractivity contribution in [3.05, 3.63) is 81.2 Å². The number of hydrogen-bond acceptors (Lipinski definition) is 8. The molecule has 0 aliphatic heterocycles. The molecule has 0 unspecified atom stereocenters. The molecule has 0 radical (unpaired) electrons. The number of halogens is 1. The summed E-state index contributed by atoms with van der Waals surface area (Å²) in [6, 6.07) is 15.3. The number of phenols is 1. The third-order valence-electron chi connectivity index (χ3n) is 5.26. The number of benzene rings is 3. The Balaban J connectivity index is 1.80.